The second kappa shape index (κ2) is 7.78. The van der Waals surface area contributed by atoms with E-state index >= 15 is 0 Å². The van der Waals surface area contributed by atoms with E-state index in [1.165, 1.54) is 4.90 Å². The Balaban J connectivity index is 1.95. The van der Waals surface area contributed by atoms with E-state index < -0.39 is 5.97 Å². The van der Waals surface area contributed by atoms with Crippen molar-refractivity contribution in [2.45, 2.75) is 25.7 Å². The van der Waals surface area contributed by atoms with Gasteiger partial charge in [-0.1, -0.05) is 18.2 Å². The molecule has 1 fully saturated rings. The Kier molecular flexibility index (Phi) is 5.75. The van der Waals surface area contributed by atoms with Crippen molar-refractivity contribution in [3.8, 4) is 0 Å². The first kappa shape index (κ1) is 15.5. The van der Waals surface area contributed by atoms with E-state index in [0.29, 0.717) is 18.0 Å². The lowest BCUT2D eigenvalue weighted by molar-refractivity contribution is -0.136. The lowest BCUT2D eigenvalue weighted by atomic mass is 9.94. The number of carboxylic acids is 1. The Morgan fingerprint density at radius 1 is 1.19 bits per heavy atom. The molecule has 0 radical (unpaired) electrons. The zero-order valence-electron chi connectivity index (χ0n) is 12.0. The molecule has 1 aromatic carbocycles. The van der Waals surface area contributed by atoms with Crippen molar-refractivity contribution in [3.05, 3.63) is 30.3 Å². The van der Waals surface area contributed by atoms with Crippen molar-refractivity contribution in [2.24, 2.45) is 5.92 Å². The average molecular weight is 291 g/mol. The maximum absolute atomic E-state index is 12.4. The van der Waals surface area contributed by atoms with Crippen LogP contribution in [0.3, 0.4) is 0 Å². The molecular formula is C16H21NO4. The molecule has 1 saturated heterocycles. The minimum absolute atomic E-state index is 0.130. The number of hydrogen-bond acceptors (Lipinski definition) is 3. The Morgan fingerprint density at radius 3 is 2.48 bits per heavy atom. The molecule has 114 valence electrons. The summed E-state index contributed by atoms with van der Waals surface area (Å²) >= 11 is 0. The zero-order chi connectivity index (χ0) is 15.1. The van der Waals surface area contributed by atoms with E-state index in [9.17, 15) is 9.59 Å². The van der Waals surface area contributed by atoms with Crippen molar-refractivity contribution < 1.29 is 19.4 Å². The van der Waals surface area contributed by atoms with Crippen LogP contribution in [0.1, 0.15) is 25.7 Å². The summed E-state index contributed by atoms with van der Waals surface area (Å²) in [5, 5.41) is 9.00. The van der Waals surface area contributed by atoms with Crippen LogP contribution in [0, 0.1) is 5.92 Å². The predicted molar refractivity (Wildman–Crippen MR) is 79.2 cm³/mol. The Hall–Kier alpha value is -1.88. The van der Waals surface area contributed by atoms with Crippen LogP contribution in [-0.2, 0) is 14.3 Å². The van der Waals surface area contributed by atoms with Gasteiger partial charge in [0.25, 0.3) is 0 Å². The number of hydrogen-bond donors (Lipinski definition) is 1. The fraction of sp³-hybridized carbons (Fsp3) is 0.500. The summed E-state index contributed by atoms with van der Waals surface area (Å²) in [4.78, 5) is 24.7. The Labute approximate surface area is 124 Å². The van der Waals surface area contributed by atoms with Gasteiger partial charge in [0.15, 0.2) is 0 Å². The van der Waals surface area contributed by atoms with Gasteiger partial charge in [-0.25, -0.2) is 0 Å². The quantitative estimate of drug-likeness (QED) is 0.873. The van der Waals surface area contributed by atoms with Gasteiger partial charge in [0.05, 0.1) is 0 Å². The molecule has 1 heterocycles. The third-order valence-corrected chi connectivity index (χ3v) is 3.77. The SMILES string of the molecule is O=C(O)CN(C(=O)CCC1CCOCC1)c1ccccc1. The molecule has 0 aliphatic carbocycles. The largest absolute Gasteiger partial charge is 0.480 e. The van der Waals surface area contributed by atoms with E-state index in [2.05, 4.69) is 0 Å². The van der Waals surface area contributed by atoms with Crippen molar-refractivity contribution >= 4 is 17.6 Å². The number of ether oxygens (including phenoxy) is 1. The predicted octanol–water partition coefficient (Wildman–Crippen LogP) is 2.31. The van der Waals surface area contributed by atoms with Crippen LogP contribution in [0.25, 0.3) is 0 Å². The van der Waals surface area contributed by atoms with Crippen molar-refractivity contribution in [1.29, 1.82) is 0 Å². The van der Waals surface area contributed by atoms with Gasteiger partial charge in [-0.15, -0.1) is 0 Å². The number of benzene rings is 1. The van der Waals surface area contributed by atoms with Gasteiger partial charge in [0.2, 0.25) is 5.91 Å². The van der Waals surface area contributed by atoms with Crippen LogP contribution in [0.5, 0.6) is 0 Å². The molecule has 21 heavy (non-hydrogen) atoms. The topological polar surface area (TPSA) is 66.8 Å². The standard InChI is InChI=1S/C16H21NO4/c18-15(7-6-13-8-10-21-11-9-13)17(12-16(19)20)14-4-2-1-3-5-14/h1-5,13H,6-12H2,(H,19,20). The molecule has 0 atom stereocenters. The minimum Gasteiger partial charge on any atom is -0.480 e. The first-order valence-electron chi connectivity index (χ1n) is 7.32. The number of carbonyl (C=O) groups is 2. The highest BCUT2D eigenvalue weighted by Crippen LogP contribution is 2.22. The minimum atomic E-state index is -1.00. The first-order valence-corrected chi connectivity index (χ1v) is 7.32. The highest BCUT2D eigenvalue weighted by molar-refractivity contribution is 5.97. The molecule has 1 aliphatic heterocycles. The number of anilines is 1. The van der Waals surface area contributed by atoms with Gasteiger partial charge in [0, 0.05) is 25.3 Å². The van der Waals surface area contributed by atoms with Crippen molar-refractivity contribution in [3.63, 3.8) is 0 Å². The molecule has 1 aromatic rings. The Bertz CT molecular complexity index is 468. The lowest BCUT2D eigenvalue weighted by Gasteiger charge is -2.24. The van der Waals surface area contributed by atoms with Crippen LogP contribution in [0.2, 0.25) is 0 Å². The molecule has 0 unspecified atom stereocenters. The van der Waals surface area contributed by atoms with Gasteiger partial charge in [0.1, 0.15) is 6.54 Å². The van der Waals surface area contributed by atoms with E-state index in [4.69, 9.17) is 9.84 Å². The molecule has 0 bridgehead atoms. The summed E-state index contributed by atoms with van der Waals surface area (Å²) in [5.41, 5.74) is 0.636. The molecule has 5 heteroatoms. The van der Waals surface area contributed by atoms with Gasteiger partial charge >= 0.3 is 5.97 Å². The van der Waals surface area contributed by atoms with Crippen LogP contribution in [0.4, 0.5) is 5.69 Å². The maximum atomic E-state index is 12.4. The molecule has 1 N–H and O–H groups in total. The summed E-state index contributed by atoms with van der Waals surface area (Å²) < 4.78 is 5.30. The van der Waals surface area contributed by atoms with Crippen molar-refractivity contribution in [1.82, 2.24) is 0 Å². The van der Waals surface area contributed by atoms with E-state index in [0.717, 1.165) is 32.5 Å². The third kappa shape index (κ3) is 4.86. The van der Waals surface area contributed by atoms with Crippen molar-refractivity contribution in [2.75, 3.05) is 24.7 Å². The fourth-order valence-electron chi connectivity index (χ4n) is 2.56. The fourth-order valence-corrected chi connectivity index (χ4v) is 2.56. The Morgan fingerprint density at radius 2 is 1.86 bits per heavy atom. The smallest absolute Gasteiger partial charge is 0.323 e. The first-order chi connectivity index (χ1) is 10.2. The highest BCUT2D eigenvalue weighted by atomic mass is 16.5. The maximum Gasteiger partial charge on any atom is 0.323 e. The van der Waals surface area contributed by atoms with Crippen LogP contribution in [-0.4, -0.2) is 36.7 Å². The van der Waals surface area contributed by atoms with Crippen LogP contribution < -0.4 is 4.90 Å². The monoisotopic (exact) mass is 291 g/mol. The van der Waals surface area contributed by atoms with E-state index in [1.807, 2.05) is 6.07 Å². The number of carbonyl (C=O) groups excluding carboxylic acids is 1. The molecule has 5 nitrogen and oxygen atoms in total. The van der Waals surface area contributed by atoms with E-state index in [1.54, 1.807) is 24.3 Å². The molecule has 0 saturated carbocycles. The number of nitrogens with zero attached hydrogens (tertiary/aromatic N) is 1. The second-order valence-electron chi connectivity index (χ2n) is 5.30. The number of para-hydroxylation sites is 1. The van der Waals surface area contributed by atoms with Gasteiger partial charge in [-0.3, -0.25) is 9.59 Å². The second-order valence-corrected chi connectivity index (χ2v) is 5.30. The van der Waals surface area contributed by atoms with Gasteiger partial charge in [-0.2, -0.15) is 0 Å². The summed E-state index contributed by atoms with van der Waals surface area (Å²) in [5.74, 6) is -0.626. The normalized spacial score (nSPS) is 15.6. The lowest BCUT2D eigenvalue weighted by Crippen LogP contribution is -2.36. The summed E-state index contributed by atoms with van der Waals surface area (Å²) in [6.45, 7) is 1.23. The number of carboxylic acid groups (broad SMARTS) is 1. The zero-order valence-corrected chi connectivity index (χ0v) is 12.0. The molecule has 1 amide bonds. The molecule has 1 aliphatic rings. The number of aliphatic carboxylic acids is 1. The number of amides is 1. The summed E-state index contributed by atoms with van der Waals surface area (Å²) in [6, 6.07) is 8.96. The molecule has 2 rings (SSSR count). The molecular weight excluding hydrogens is 270 g/mol. The van der Waals surface area contributed by atoms with E-state index in [-0.39, 0.29) is 12.5 Å². The molecule has 0 aromatic heterocycles. The summed E-state index contributed by atoms with van der Waals surface area (Å²) in [6.07, 6.45) is 3.15. The molecule has 0 spiro atoms. The van der Waals surface area contributed by atoms with Gasteiger partial charge in [-0.05, 0) is 37.3 Å². The average Bonchev–Trinajstić information content (AvgIpc) is 2.52. The number of rotatable bonds is 6. The van der Waals surface area contributed by atoms with Crippen LogP contribution in [0.15, 0.2) is 30.3 Å². The third-order valence-electron chi connectivity index (χ3n) is 3.77. The van der Waals surface area contributed by atoms with Crippen LogP contribution >= 0.6 is 0 Å². The highest BCUT2D eigenvalue weighted by Gasteiger charge is 2.21. The van der Waals surface area contributed by atoms with Gasteiger partial charge < -0.3 is 14.7 Å². The summed E-state index contributed by atoms with van der Waals surface area (Å²) in [7, 11) is 0.